The summed E-state index contributed by atoms with van der Waals surface area (Å²) in [4.78, 5) is 0. The van der Waals surface area contributed by atoms with E-state index in [4.69, 9.17) is 4.42 Å². The van der Waals surface area contributed by atoms with E-state index >= 15 is 0 Å². The van der Waals surface area contributed by atoms with Crippen LogP contribution in [0.4, 0.5) is 0 Å². The van der Waals surface area contributed by atoms with Crippen molar-refractivity contribution in [3.63, 3.8) is 0 Å². The summed E-state index contributed by atoms with van der Waals surface area (Å²) in [6.07, 6.45) is 2.68. The third-order valence-electron chi connectivity index (χ3n) is 6.08. The van der Waals surface area contributed by atoms with Gasteiger partial charge >= 0.3 is 0 Å². The molecule has 27 heavy (non-hydrogen) atoms. The van der Waals surface area contributed by atoms with Crippen LogP contribution in [-0.4, -0.2) is 53.4 Å². The van der Waals surface area contributed by atoms with Gasteiger partial charge in [0.25, 0.3) is 10.2 Å². The lowest BCUT2D eigenvalue weighted by Gasteiger charge is -2.35. The first-order chi connectivity index (χ1) is 12.8. The second kappa shape index (κ2) is 6.68. The average Bonchev–Trinajstić information content (AvgIpc) is 3.14. The number of rotatable bonds is 5. The van der Waals surface area contributed by atoms with Crippen molar-refractivity contribution in [1.29, 1.82) is 0 Å². The minimum atomic E-state index is -3.38. The third kappa shape index (κ3) is 3.30. The molecular formula is C19H26N4O3S. The lowest BCUT2D eigenvalue weighted by atomic mass is 9.92. The summed E-state index contributed by atoms with van der Waals surface area (Å²) in [6, 6.07) is 9.71. The van der Waals surface area contributed by atoms with Gasteiger partial charge in [-0.2, -0.15) is 17.0 Å². The zero-order valence-corrected chi connectivity index (χ0v) is 16.8. The van der Waals surface area contributed by atoms with Crippen LogP contribution in [0.5, 0.6) is 0 Å². The van der Waals surface area contributed by atoms with E-state index in [2.05, 4.69) is 10.2 Å². The summed E-state index contributed by atoms with van der Waals surface area (Å²) in [7, 11) is -1.74. The Kier molecular flexibility index (Phi) is 4.60. The molecule has 1 saturated carbocycles. The normalized spacial score (nSPS) is 22.6. The molecule has 2 fully saturated rings. The van der Waals surface area contributed by atoms with Gasteiger partial charge in [-0.1, -0.05) is 18.2 Å². The van der Waals surface area contributed by atoms with E-state index in [1.54, 1.807) is 11.4 Å². The van der Waals surface area contributed by atoms with Gasteiger partial charge in [0.15, 0.2) is 0 Å². The topological polar surface area (TPSA) is 79.5 Å². The largest absolute Gasteiger partial charge is 0.420 e. The quantitative estimate of drug-likeness (QED) is 0.784. The molecule has 2 heterocycles. The molecule has 0 bridgehead atoms. The molecule has 1 aliphatic heterocycles. The second-order valence-electron chi connectivity index (χ2n) is 7.95. The number of aromatic nitrogens is 2. The van der Waals surface area contributed by atoms with Crippen LogP contribution in [0.3, 0.4) is 0 Å². The van der Waals surface area contributed by atoms with Crippen molar-refractivity contribution in [1.82, 2.24) is 18.8 Å². The van der Waals surface area contributed by atoms with Crippen molar-refractivity contribution in [3.05, 3.63) is 36.2 Å². The number of benzene rings is 1. The highest BCUT2D eigenvalue weighted by molar-refractivity contribution is 7.86. The Bertz CT molecular complexity index is 902. The maximum Gasteiger partial charge on any atom is 0.281 e. The Morgan fingerprint density at radius 1 is 1.19 bits per heavy atom. The number of hydrogen-bond donors (Lipinski definition) is 0. The fourth-order valence-electron chi connectivity index (χ4n) is 3.93. The Balaban J connectivity index is 1.42. The maximum absolute atomic E-state index is 12.7. The lowest BCUT2D eigenvalue weighted by molar-refractivity contribution is 0.231. The van der Waals surface area contributed by atoms with Crippen LogP contribution in [0.1, 0.15) is 44.9 Å². The molecule has 0 amide bonds. The van der Waals surface area contributed by atoms with E-state index in [0.717, 1.165) is 24.8 Å². The fraction of sp³-hybridized carbons (Fsp3) is 0.579. The summed E-state index contributed by atoms with van der Waals surface area (Å²) in [5.41, 5.74) is 1.03. The van der Waals surface area contributed by atoms with E-state index in [1.807, 2.05) is 44.2 Å². The number of hydrogen-bond acceptors (Lipinski definition) is 5. The molecule has 8 heteroatoms. The average molecular weight is 391 g/mol. The first-order valence-corrected chi connectivity index (χ1v) is 10.9. The van der Waals surface area contributed by atoms with Crippen molar-refractivity contribution in [2.24, 2.45) is 5.41 Å². The minimum absolute atomic E-state index is 0.0469. The van der Waals surface area contributed by atoms with Crippen LogP contribution < -0.4 is 0 Å². The van der Waals surface area contributed by atoms with Crippen molar-refractivity contribution in [2.45, 2.75) is 45.1 Å². The smallest absolute Gasteiger partial charge is 0.281 e. The van der Waals surface area contributed by atoms with Crippen LogP contribution in [0.25, 0.3) is 11.5 Å². The standard InChI is InChI=1S/C19H26N4O3S/c1-14(2)22(3)27(24,25)23-11-9-19(10-12-23)13-16(19)18-21-20-17(26-18)15-7-5-4-6-8-15/h4-8,14,16H,9-13H2,1-3H3/t16-/m1/s1. The maximum atomic E-state index is 12.7. The van der Waals surface area contributed by atoms with E-state index in [0.29, 0.717) is 24.9 Å². The Labute approximate surface area is 160 Å². The zero-order valence-electron chi connectivity index (χ0n) is 16.0. The highest BCUT2D eigenvalue weighted by Crippen LogP contribution is 2.64. The van der Waals surface area contributed by atoms with Crippen LogP contribution in [0.2, 0.25) is 0 Å². The third-order valence-corrected chi connectivity index (χ3v) is 8.25. The van der Waals surface area contributed by atoms with Crippen molar-refractivity contribution in [3.8, 4) is 11.5 Å². The van der Waals surface area contributed by atoms with Gasteiger partial charge in [-0.15, -0.1) is 10.2 Å². The van der Waals surface area contributed by atoms with Crippen LogP contribution >= 0.6 is 0 Å². The highest BCUT2D eigenvalue weighted by atomic mass is 32.2. The molecule has 146 valence electrons. The van der Waals surface area contributed by atoms with Crippen LogP contribution in [0, 0.1) is 5.41 Å². The summed E-state index contributed by atoms with van der Waals surface area (Å²) in [5.74, 6) is 1.48. The van der Waals surface area contributed by atoms with Gasteiger partial charge in [-0.3, -0.25) is 0 Å². The Morgan fingerprint density at radius 2 is 1.85 bits per heavy atom. The van der Waals surface area contributed by atoms with Gasteiger partial charge in [0.1, 0.15) is 0 Å². The molecule has 2 aromatic rings. The molecule has 1 atom stereocenters. The molecule has 2 aliphatic rings. The first-order valence-electron chi connectivity index (χ1n) is 9.45. The molecule has 0 N–H and O–H groups in total. The predicted molar refractivity (Wildman–Crippen MR) is 102 cm³/mol. The minimum Gasteiger partial charge on any atom is -0.420 e. The summed E-state index contributed by atoms with van der Waals surface area (Å²) in [6.45, 7) is 4.88. The van der Waals surface area contributed by atoms with Crippen LogP contribution in [0.15, 0.2) is 34.7 Å². The van der Waals surface area contributed by atoms with Crippen molar-refractivity contribution < 1.29 is 12.8 Å². The lowest BCUT2D eigenvalue weighted by Crippen LogP contribution is -2.48. The van der Waals surface area contributed by atoms with Crippen molar-refractivity contribution in [2.75, 3.05) is 20.1 Å². The van der Waals surface area contributed by atoms with Gasteiger partial charge < -0.3 is 4.42 Å². The SMILES string of the molecule is CC(C)N(C)S(=O)(=O)N1CCC2(CC1)C[C@@H]2c1nnc(-c2ccccc2)o1. The number of nitrogens with zero attached hydrogens (tertiary/aromatic N) is 4. The van der Waals surface area contributed by atoms with Gasteiger partial charge in [-0.25, -0.2) is 0 Å². The molecule has 0 radical (unpaired) electrons. The van der Waals surface area contributed by atoms with Gasteiger partial charge in [0.2, 0.25) is 11.8 Å². The Morgan fingerprint density at radius 3 is 2.48 bits per heavy atom. The molecular weight excluding hydrogens is 364 g/mol. The molecule has 1 spiro atoms. The van der Waals surface area contributed by atoms with Gasteiger partial charge in [-0.05, 0) is 50.7 Å². The van der Waals surface area contributed by atoms with Crippen molar-refractivity contribution >= 4 is 10.2 Å². The highest BCUT2D eigenvalue weighted by Gasteiger charge is 2.59. The molecule has 1 aromatic carbocycles. The summed E-state index contributed by atoms with van der Waals surface area (Å²) < 4.78 is 34.3. The molecule has 0 unspecified atom stereocenters. The second-order valence-corrected chi connectivity index (χ2v) is 9.94. The van der Waals surface area contributed by atoms with E-state index in [-0.39, 0.29) is 17.4 Å². The molecule has 1 aromatic heterocycles. The van der Waals surface area contributed by atoms with Gasteiger partial charge in [0.05, 0.1) is 0 Å². The first kappa shape index (κ1) is 18.6. The monoisotopic (exact) mass is 390 g/mol. The molecule has 1 saturated heterocycles. The van der Waals surface area contributed by atoms with E-state index in [9.17, 15) is 8.42 Å². The number of piperidine rings is 1. The molecule has 4 rings (SSSR count). The van der Waals surface area contributed by atoms with E-state index in [1.165, 1.54) is 4.31 Å². The molecule has 1 aliphatic carbocycles. The van der Waals surface area contributed by atoms with E-state index < -0.39 is 10.2 Å². The Hall–Kier alpha value is -1.77. The summed E-state index contributed by atoms with van der Waals surface area (Å²) >= 11 is 0. The predicted octanol–water partition coefficient (Wildman–Crippen LogP) is 2.89. The van der Waals surface area contributed by atoms with Gasteiger partial charge in [0, 0.05) is 37.7 Å². The molecule has 7 nitrogen and oxygen atoms in total. The zero-order chi connectivity index (χ0) is 19.2. The summed E-state index contributed by atoms with van der Waals surface area (Å²) in [5, 5.41) is 8.46. The van der Waals surface area contributed by atoms with Crippen LogP contribution in [-0.2, 0) is 10.2 Å². The fourth-order valence-corrected chi connectivity index (χ4v) is 5.47.